The molecule has 1 aliphatic rings. The highest BCUT2D eigenvalue weighted by Crippen LogP contribution is 2.11. The van der Waals surface area contributed by atoms with Gasteiger partial charge in [-0.25, -0.2) is 0 Å². The average molecular weight is 160 g/mol. The van der Waals surface area contributed by atoms with E-state index in [0.717, 1.165) is 24.0 Å². The molecule has 2 heterocycles. The largest absolute Gasteiger partial charge is 0.355 e. The second-order valence-electron chi connectivity index (χ2n) is 2.64. The summed E-state index contributed by atoms with van der Waals surface area (Å²) in [4.78, 5) is 17.4. The van der Waals surface area contributed by atoms with Gasteiger partial charge in [0.05, 0.1) is 5.69 Å². The molecule has 60 valence electrons. The highest BCUT2D eigenvalue weighted by Gasteiger charge is 2.05. The van der Waals surface area contributed by atoms with Crippen LogP contribution >= 0.6 is 0 Å². The van der Waals surface area contributed by atoms with E-state index in [-0.39, 0.29) is 0 Å². The number of aromatic amines is 1. The molecule has 0 saturated carbocycles. The molecule has 1 aromatic heterocycles. The number of aliphatic imine (C=N–C) groups is 1. The molecular formula is C9H8N2O. The van der Waals surface area contributed by atoms with Gasteiger partial charge in [-0.15, -0.1) is 0 Å². The maximum atomic E-state index is 10.4. The number of nitrogens with one attached hydrogen (secondary N) is 1. The Morgan fingerprint density at radius 3 is 3.33 bits per heavy atom. The zero-order chi connectivity index (χ0) is 8.39. The molecule has 0 spiro atoms. The highest BCUT2D eigenvalue weighted by atomic mass is 16.1. The SMILES string of the molecule is O=Cc1cc2c([nH]1)CC=CN=C2. The van der Waals surface area contributed by atoms with Crippen LogP contribution in [-0.2, 0) is 6.42 Å². The van der Waals surface area contributed by atoms with Crippen molar-refractivity contribution in [2.24, 2.45) is 4.99 Å². The average Bonchev–Trinajstić information content (AvgIpc) is 2.37. The standard InChI is InChI=1S/C9H8N2O/c12-6-8-4-7-5-10-3-1-2-9(7)11-8/h1,3-6,11H,2H2. The van der Waals surface area contributed by atoms with Gasteiger partial charge in [-0.05, 0) is 6.07 Å². The maximum absolute atomic E-state index is 10.4. The number of hydrogen-bond acceptors (Lipinski definition) is 2. The van der Waals surface area contributed by atoms with Gasteiger partial charge in [0.1, 0.15) is 0 Å². The first-order valence-electron chi connectivity index (χ1n) is 3.75. The molecule has 0 amide bonds. The van der Waals surface area contributed by atoms with Crippen molar-refractivity contribution >= 4 is 12.5 Å². The zero-order valence-corrected chi connectivity index (χ0v) is 6.45. The van der Waals surface area contributed by atoms with E-state index in [1.54, 1.807) is 18.5 Å². The summed E-state index contributed by atoms with van der Waals surface area (Å²) in [5.41, 5.74) is 2.67. The first-order valence-corrected chi connectivity index (χ1v) is 3.75. The lowest BCUT2D eigenvalue weighted by atomic mass is 10.2. The van der Waals surface area contributed by atoms with Crippen molar-refractivity contribution in [2.75, 3.05) is 0 Å². The third-order valence-corrected chi connectivity index (χ3v) is 1.81. The van der Waals surface area contributed by atoms with Crippen LogP contribution in [-0.4, -0.2) is 17.5 Å². The minimum atomic E-state index is 0.613. The summed E-state index contributed by atoms with van der Waals surface area (Å²) >= 11 is 0. The van der Waals surface area contributed by atoms with Crippen molar-refractivity contribution in [1.29, 1.82) is 0 Å². The third-order valence-electron chi connectivity index (χ3n) is 1.81. The quantitative estimate of drug-likeness (QED) is 0.618. The van der Waals surface area contributed by atoms with Crippen LogP contribution in [0.3, 0.4) is 0 Å². The normalized spacial score (nSPS) is 14.0. The van der Waals surface area contributed by atoms with Crippen molar-refractivity contribution in [3.8, 4) is 0 Å². The molecule has 2 rings (SSSR count). The Balaban J connectivity index is 2.48. The molecule has 0 radical (unpaired) electrons. The Kier molecular flexibility index (Phi) is 1.63. The molecular weight excluding hydrogens is 152 g/mol. The molecule has 1 aliphatic heterocycles. The molecule has 12 heavy (non-hydrogen) atoms. The van der Waals surface area contributed by atoms with Crippen LogP contribution in [0.1, 0.15) is 21.7 Å². The van der Waals surface area contributed by atoms with Crippen molar-refractivity contribution < 1.29 is 4.79 Å². The molecule has 0 bridgehead atoms. The van der Waals surface area contributed by atoms with E-state index < -0.39 is 0 Å². The Morgan fingerprint density at radius 1 is 1.58 bits per heavy atom. The Labute approximate surface area is 69.8 Å². The van der Waals surface area contributed by atoms with Crippen LogP contribution < -0.4 is 0 Å². The molecule has 0 saturated heterocycles. The summed E-state index contributed by atoms with van der Waals surface area (Å²) in [5.74, 6) is 0. The number of nitrogens with zero attached hydrogens (tertiary/aromatic N) is 1. The van der Waals surface area contributed by atoms with Crippen molar-refractivity contribution in [1.82, 2.24) is 4.98 Å². The second-order valence-corrected chi connectivity index (χ2v) is 2.64. The molecule has 0 aliphatic carbocycles. The number of carbonyl (C=O) groups is 1. The first-order chi connectivity index (χ1) is 5.90. The predicted octanol–water partition coefficient (Wildman–Crippen LogP) is 1.32. The number of H-pyrrole nitrogens is 1. The summed E-state index contributed by atoms with van der Waals surface area (Å²) in [6.07, 6.45) is 7.08. The van der Waals surface area contributed by atoms with Crippen LogP contribution in [0, 0.1) is 0 Å². The van der Waals surface area contributed by atoms with Gasteiger partial charge in [0.2, 0.25) is 0 Å². The fraction of sp³-hybridized carbons (Fsp3) is 0.111. The fourth-order valence-electron chi connectivity index (χ4n) is 1.24. The topological polar surface area (TPSA) is 45.2 Å². The zero-order valence-electron chi connectivity index (χ0n) is 6.45. The number of fused-ring (bicyclic) bond motifs is 1. The van der Waals surface area contributed by atoms with Crippen LogP contribution in [0.25, 0.3) is 0 Å². The van der Waals surface area contributed by atoms with Gasteiger partial charge < -0.3 is 4.98 Å². The summed E-state index contributed by atoms with van der Waals surface area (Å²) in [6, 6.07) is 1.80. The minimum absolute atomic E-state index is 0.613. The molecule has 0 atom stereocenters. The van der Waals surface area contributed by atoms with Crippen molar-refractivity contribution in [3.63, 3.8) is 0 Å². The van der Waals surface area contributed by atoms with Gasteiger partial charge >= 0.3 is 0 Å². The van der Waals surface area contributed by atoms with Crippen LogP contribution in [0.5, 0.6) is 0 Å². The third kappa shape index (κ3) is 1.09. The van der Waals surface area contributed by atoms with Crippen LogP contribution in [0.15, 0.2) is 23.3 Å². The lowest BCUT2D eigenvalue weighted by Crippen LogP contribution is -1.86. The molecule has 0 unspecified atom stereocenters. The van der Waals surface area contributed by atoms with E-state index in [0.29, 0.717) is 5.69 Å². The van der Waals surface area contributed by atoms with Crippen LogP contribution in [0.4, 0.5) is 0 Å². The predicted molar refractivity (Wildman–Crippen MR) is 46.6 cm³/mol. The van der Waals surface area contributed by atoms with Gasteiger partial charge in [-0.3, -0.25) is 9.79 Å². The Hall–Kier alpha value is -1.64. The summed E-state index contributed by atoms with van der Waals surface area (Å²) < 4.78 is 0. The second kappa shape index (κ2) is 2.77. The number of aldehydes is 1. The minimum Gasteiger partial charge on any atom is -0.355 e. The first kappa shape index (κ1) is 7.03. The van der Waals surface area contributed by atoms with Gasteiger partial charge in [0.15, 0.2) is 6.29 Å². The number of hydrogen-bond donors (Lipinski definition) is 1. The smallest absolute Gasteiger partial charge is 0.166 e. The Bertz CT molecular complexity index is 361. The van der Waals surface area contributed by atoms with E-state index >= 15 is 0 Å². The number of carbonyl (C=O) groups excluding carboxylic acids is 1. The molecule has 3 nitrogen and oxygen atoms in total. The summed E-state index contributed by atoms with van der Waals surface area (Å²) in [6.45, 7) is 0. The van der Waals surface area contributed by atoms with E-state index in [2.05, 4.69) is 9.98 Å². The summed E-state index contributed by atoms with van der Waals surface area (Å²) in [5, 5.41) is 0. The van der Waals surface area contributed by atoms with Crippen molar-refractivity contribution in [2.45, 2.75) is 6.42 Å². The number of allylic oxidation sites excluding steroid dienone is 1. The van der Waals surface area contributed by atoms with Gasteiger partial charge in [0.25, 0.3) is 0 Å². The molecule has 1 aromatic rings. The highest BCUT2D eigenvalue weighted by molar-refractivity contribution is 5.86. The molecule has 3 heteroatoms. The molecule has 0 aromatic carbocycles. The van der Waals surface area contributed by atoms with E-state index in [9.17, 15) is 4.79 Å². The lowest BCUT2D eigenvalue weighted by molar-refractivity contribution is 0.111. The van der Waals surface area contributed by atoms with E-state index in [1.807, 2.05) is 6.08 Å². The van der Waals surface area contributed by atoms with E-state index in [4.69, 9.17) is 0 Å². The molecule has 0 fully saturated rings. The van der Waals surface area contributed by atoms with E-state index in [1.165, 1.54) is 0 Å². The number of aromatic nitrogens is 1. The maximum Gasteiger partial charge on any atom is 0.166 e. The van der Waals surface area contributed by atoms with Crippen molar-refractivity contribution in [3.05, 3.63) is 35.3 Å². The Morgan fingerprint density at radius 2 is 2.50 bits per heavy atom. The van der Waals surface area contributed by atoms with Gasteiger partial charge in [-0.1, -0.05) is 6.08 Å². The van der Waals surface area contributed by atoms with Gasteiger partial charge in [-0.2, -0.15) is 0 Å². The lowest BCUT2D eigenvalue weighted by Gasteiger charge is -1.89. The molecule has 1 N–H and O–H groups in total. The van der Waals surface area contributed by atoms with Gasteiger partial charge in [0, 0.05) is 30.1 Å². The summed E-state index contributed by atoms with van der Waals surface area (Å²) in [7, 11) is 0. The number of rotatable bonds is 1. The monoisotopic (exact) mass is 160 g/mol. The fourth-order valence-corrected chi connectivity index (χ4v) is 1.24. The van der Waals surface area contributed by atoms with Crippen LogP contribution in [0.2, 0.25) is 0 Å².